The Morgan fingerprint density at radius 1 is 1.25 bits per heavy atom. The lowest BCUT2D eigenvalue weighted by molar-refractivity contribution is 0.597. The maximum Gasteiger partial charge on any atom is 0.238 e. The summed E-state index contributed by atoms with van der Waals surface area (Å²) in [6, 6.07) is 6.68. The van der Waals surface area contributed by atoms with E-state index in [0.29, 0.717) is 13.0 Å². The maximum absolute atomic E-state index is 11.4. The van der Waals surface area contributed by atoms with E-state index in [0.717, 1.165) is 21.6 Å². The minimum atomic E-state index is -3.67. The van der Waals surface area contributed by atoms with Gasteiger partial charge in [-0.3, -0.25) is 0 Å². The number of nitrogens with two attached hydrogens (primary N) is 1. The van der Waals surface area contributed by atoms with Crippen molar-refractivity contribution < 1.29 is 8.42 Å². The normalized spacial score (nSPS) is 11.8. The zero-order valence-electron chi connectivity index (χ0n) is 13.4. The predicted octanol–water partition coefficient (Wildman–Crippen LogP) is 2.61. The van der Waals surface area contributed by atoms with Crippen LogP contribution in [0.25, 0.3) is 10.2 Å². The van der Waals surface area contributed by atoms with E-state index >= 15 is 0 Å². The van der Waals surface area contributed by atoms with Gasteiger partial charge in [0.05, 0.1) is 10.3 Å². The molecule has 3 rings (SSSR count). The fourth-order valence-corrected chi connectivity index (χ4v) is 4.10. The standard InChI is InChI=1S/C16H18N4O2S2/c1-10-11(2)23-16-14(10)15(19-9-20-16)18-7-6-12-4-3-5-13(8-12)24(17,21)22/h3-5,8-9H,6-7H2,1-2H3,(H2,17,21,22)(H,18,19,20). The van der Waals surface area contributed by atoms with Crippen LogP contribution in [0.5, 0.6) is 0 Å². The van der Waals surface area contributed by atoms with Gasteiger partial charge in [-0.05, 0) is 43.5 Å². The van der Waals surface area contributed by atoms with E-state index in [1.807, 2.05) is 6.07 Å². The first-order valence-electron chi connectivity index (χ1n) is 7.42. The van der Waals surface area contributed by atoms with Gasteiger partial charge < -0.3 is 5.32 Å². The van der Waals surface area contributed by atoms with E-state index in [9.17, 15) is 8.42 Å². The van der Waals surface area contributed by atoms with Crippen LogP contribution in [0.15, 0.2) is 35.5 Å². The van der Waals surface area contributed by atoms with Gasteiger partial charge in [0.25, 0.3) is 0 Å². The molecule has 3 N–H and O–H groups in total. The summed E-state index contributed by atoms with van der Waals surface area (Å²) >= 11 is 1.66. The molecule has 1 aromatic carbocycles. The summed E-state index contributed by atoms with van der Waals surface area (Å²) in [7, 11) is -3.67. The van der Waals surface area contributed by atoms with Crippen molar-refractivity contribution in [2.45, 2.75) is 25.2 Å². The van der Waals surface area contributed by atoms with Crippen LogP contribution in [0.3, 0.4) is 0 Å². The number of primary sulfonamides is 1. The van der Waals surface area contributed by atoms with Crippen molar-refractivity contribution in [3.05, 3.63) is 46.6 Å². The fourth-order valence-electron chi connectivity index (χ4n) is 2.52. The highest BCUT2D eigenvalue weighted by Crippen LogP contribution is 2.32. The lowest BCUT2D eigenvalue weighted by Gasteiger charge is -2.08. The summed E-state index contributed by atoms with van der Waals surface area (Å²) in [5, 5.41) is 9.54. The molecule has 0 unspecified atom stereocenters. The van der Waals surface area contributed by atoms with E-state index < -0.39 is 10.0 Å². The van der Waals surface area contributed by atoms with Crippen molar-refractivity contribution in [1.29, 1.82) is 0 Å². The average Bonchev–Trinajstić information content (AvgIpc) is 2.82. The number of hydrogen-bond donors (Lipinski definition) is 2. The number of nitrogens with zero attached hydrogens (tertiary/aromatic N) is 2. The summed E-state index contributed by atoms with van der Waals surface area (Å²) in [6.45, 7) is 4.77. The minimum Gasteiger partial charge on any atom is -0.369 e. The lowest BCUT2D eigenvalue weighted by atomic mass is 10.1. The first-order chi connectivity index (χ1) is 11.4. The van der Waals surface area contributed by atoms with Gasteiger partial charge in [0.2, 0.25) is 10.0 Å². The zero-order valence-corrected chi connectivity index (χ0v) is 15.0. The molecule has 0 bridgehead atoms. The van der Waals surface area contributed by atoms with Crippen molar-refractivity contribution in [3.8, 4) is 0 Å². The summed E-state index contributed by atoms with van der Waals surface area (Å²) in [5.74, 6) is 0.810. The first kappa shape index (κ1) is 16.8. The van der Waals surface area contributed by atoms with E-state index in [2.05, 4.69) is 29.1 Å². The molecule has 0 saturated carbocycles. The lowest BCUT2D eigenvalue weighted by Crippen LogP contribution is -2.13. The predicted molar refractivity (Wildman–Crippen MR) is 96.9 cm³/mol. The highest BCUT2D eigenvalue weighted by Gasteiger charge is 2.12. The molecule has 0 aliphatic carbocycles. The van der Waals surface area contributed by atoms with Crippen LogP contribution >= 0.6 is 11.3 Å². The highest BCUT2D eigenvalue weighted by atomic mass is 32.2. The van der Waals surface area contributed by atoms with E-state index in [4.69, 9.17) is 5.14 Å². The summed E-state index contributed by atoms with van der Waals surface area (Å²) < 4.78 is 22.8. The molecule has 0 saturated heterocycles. The molecule has 0 atom stereocenters. The van der Waals surface area contributed by atoms with Gasteiger partial charge in [0.1, 0.15) is 17.0 Å². The van der Waals surface area contributed by atoms with Gasteiger partial charge in [-0.25, -0.2) is 23.5 Å². The number of fused-ring (bicyclic) bond motifs is 1. The Kier molecular flexibility index (Phi) is 4.53. The Labute approximate surface area is 144 Å². The van der Waals surface area contributed by atoms with Gasteiger partial charge in [0.15, 0.2) is 0 Å². The SMILES string of the molecule is Cc1sc2ncnc(NCCc3cccc(S(N)(=O)=O)c3)c2c1C. The maximum atomic E-state index is 11.4. The van der Waals surface area contributed by atoms with Crippen LogP contribution in [0.4, 0.5) is 5.82 Å². The molecule has 0 spiro atoms. The quantitative estimate of drug-likeness (QED) is 0.727. The molecule has 3 aromatic rings. The molecule has 0 fully saturated rings. The first-order valence-corrected chi connectivity index (χ1v) is 9.79. The van der Waals surface area contributed by atoms with Crippen LogP contribution in [0, 0.1) is 13.8 Å². The molecule has 2 aromatic heterocycles. The molecule has 0 radical (unpaired) electrons. The van der Waals surface area contributed by atoms with Gasteiger partial charge in [0, 0.05) is 11.4 Å². The smallest absolute Gasteiger partial charge is 0.238 e. The van der Waals surface area contributed by atoms with Gasteiger partial charge in [-0.1, -0.05) is 12.1 Å². The Balaban J connectivity index is 1.76. The van der Waals surface area contributed by atoms with Crippen LogP contribution < -0.4 is 10.5 Å². The Morgan fingerprint density at radius 2 is 2.04 bits per heavy atom. The largest absolute Gasteiger partial charge is 0.369 e. The Bertz CT molecular complexity index is 996. The van der Waals surface area contributed by atoms with E-state index in [1.54, 1.807) is 29.8 Å². The molecule has 2 heterocycles. The number of aryl methyl sites for hydroxylation is 2. The number of sulfonamides is 1. The number of hydrogen-bond acceptors (Lipinski definition) is 6. The Morgan fingerprint density at radius 3 is 2.79 bits per heavy atom. The third-order valence-electron chi connectivity index (χ3n) is 3.90. The Hall–Kier alpha value is -2.03. The number of thiophene rings is 1. The van der Waals surface area contributed by atoms with Crippen molar-refractivity contribution in [2.75, 3.05) is 11.9 Å². The highest BCUT2D eigenvalue weighted by molar-refractivity contribution is 7.89. The molecule has 0 aliphatic rings. The van der Waals surface area contributed by atoms with Crippen LogP contribution in [0.2, 0.25) is 0 Å². The number of rotatable bonds is 5. The minimum absolute atomic E-state index is 0.133. The molecule has 8 heteroatoms. The topological polar surface area (TPSA) is 98.0 Å². The van der Waals surface area contributed by atoms with Gasteiger partial charge >= 0.3 is 0 Å². The monoisotopic (exact) mass is 362 g/mol. The number of nitrogens with one attached hydrogen (secondary N) is 1. The van der Waals surface area contributed by atoms with Crippen molar-refractivity contribution in [3.63, 3.8) is 0 Å². The van der Waals surface area contributed by atoms with Gasteiger partial charge in [-0.2, -0.15) is 0 Å². The van der Waals surface area contributed by atoms with E-state index in [1.165, 1.54) is 16.5 Å². The molecule has 0 amide bonds. The summed E-state index contributed by atoms with van der Waals surface area (Å²) in [4.78, 5) is 11.0. The molecule has 6 nitrogen and oxygen atoms in total. The van der Waals surface area contributed by atoms with E-state index in [-0.39, 0.29) is 4.90 Å². The molecule has 24 heavy (non-hydrogen) atoms. The summed E-state index contributed by atoms with van der Waals surface area (Å²) in [5.41, 5.74) is 2.09. The molecular formula is C16H18N4O2S2. The average molecular weight is 362 g/mol. The zero-order chi connectivity index (χ0) is 17.3. The summed E-state index contributed by atoms with van der Waals surface area (Å²) in [6.07, 6.45) is 2.22. The second kappa shape index (κ2) is 6.46. The third kappa shape index (κ3) is 3.40. The molecular weight excluding hydrogens is 344 g/mol. The van der Waals surface area contributed by atoms with Crippen LogP contribution in [-0.4, -0.2) is 24.9 Å². The van der Waals surface area contributed by atoms with Crippen LogP contribution in [0.1, 0.15) is 16.0 Å². The van der Waals surface area contributed by atoms with Crippen LogP contribution in [-0.2, 0) is 16.4 Å². The van der Waals surface area contributed by atoms with Gasteiger partial charge in [-0.15, -0.1) is 11.3 Å². The third-order valence-corrected chi connectivity index (χ3v) is 5.92. The number of anilines is 1. The second-order valence-electron chi connectivity index (χ2n) is 5.55. The number of benzene rings is 1. The van der Waals surface area contributed by atoms with Crippen molar-refractivity contribution in [1.82, 2.24) is 9.97 Å². The van der Waals surface area contributed by atoms with Crippen molar-refractivity contribution >= 4 is 37.4 Å². The number of aromatic nitrogens is 2. The van der Waals surface area contributed by atoms with Crippen molar-refractivity contribution in [2.24, 2.45) is 5.14 Å². The second-order valence-corrected chi connectivity index (χ2v) is 8.32. The fraction of sp³-hybridized carbons (Fsp3) is 0.250. The molecule has 126 valence electrons. The molecule has 0 aliphatic heterocycles.